The van der Waals surface area contributed by atoms with E-state index in [1.54, 1.807) is 32.0 Å². The molecule has 134 valence electrons. The molecular weight excluding hydrogens is 359 g/mol. The van der Waals surface area contributed by atoms with Crippen molar-refractivity contribution >= 4 is 28.2 Å². The fourth-order valence-electron chi connectivity index (χ4n) is 2.29. The predicted octanol–water partition coefficient (Wildman–Crippen LogP) is 4.28. The van der Waals surface area contributed by atoms with Crippen LogP contribution < -0.4 is 5.32 Å². The number of anilines is 1. The summed E-state index contributed by atoms with van der Waals surface area (Å²) in [7, 11) is 0. The number of aromatic nitrogens is 1. The summed E-state index contributed by atoms with van der Waals surface area (Å²) in [5.74, 6) is -1.27. The fraction of sp³-hybridized carbons (Fsp3) is 0.167. The number of rotatable bonds is 5. The molecule has 0 spiro atoms. The molecule has 1 aromatic carbocycles. The summed E-state index contributed by atoms with van der Waals surface area (Å²) in [4.78, 5) is 24.6. The minimum absolute atomic E-state index is 0.00647. The lowest BCUT2D eigenvalue weighted by atomic mass is 10.1. The van der Waals surface area contributed by atoms with Crippen LogP contribution in [0.5, 0.6) is 0 Å². The second kappa shape index (κ2) is 7.49. The van der Waals surface area contributed by atoms with Crippen molar-refractivity contribution in [2.24, 2.45) is 0 Å². The Hall–Kier alpha value is -3.00. The van der Waals surface area contributed by atoms with Gasteiger partial charge in [0.2, 0.25) is 0 Å². The van der Waals surface area contributed by atoms with E-state index in [0.29, 0.717) is 15.4 Å². The molecule has 1 N–H and O–H groups in total. The zero-order valence-electron chi connectivity index (χ0n) is 14.0. The molecule has 26 heavy (non-hydrogen) atoms. The van der Waals surface area contributed by atoms with Crippen LogP contribution in [0.2, 0.25) is 0 Å². The SMILES string of the molecule is CCOC(=O)c1sc(NC(=O)c2cc(-c3ccccc3F)on2)cc1C. The minimum Gasteiger partial charge on any atom is -0.462 e. The second-order valence-electron chi connectivity index (χ2n) is 5.35. The molecule has 0 aliphatic carbocycles. The highest BCUT2D eigenvalue weighted by Gasteiger charge is 2.19. The van der Waals surface area contributed by atoms with Gasteiger partial charge in [0.05, 0.1) is 17.2 Å². The lowest BCUT2D eigenvalue weighted by molar-refractivity contribution is 0.0531. The fourth-order valence-corrected chi connectivity index (χ4v) is 3.25. The van der Waals surface area contributed by atoms with E-state index in [0.717, 1.165) is 11.3 Å². The standard InChI is InChI=1S/C18H15FN2O4S/c1-3-24-18(23)16-10(2)8-15(26-16)20-17(22)13-9-14(25-21-13)11-6-4-5-7-12(11)19/h4-9H,3H2,1-2H3,(H,20,22). The topological polar surface area (TPSA) is 81.4 Å². The van der Waals surface area contributed by atoms with Crippen molar-refractivity contribution in [3.05, 3.63) is 58.3 Å². The molecule has 1 amide bonds. The molecule has 3 rings (SSSR count). The van der Waals surface area contributed by atoms with E-state index in [4.69, 9.17) is 9.26 Å². The highest BCUT2D eigenvalue weighted by molar-refractivity contribution is 7.18. The molecule has 6 nitrogen and oxygen atoms in total. The largest absolute Gasteiger partial charge is 0.462 e. The Bertz CT molecular complexity index is 964. The second-order valence-corrected chi connectivity index (χ2v) is 6.41. The van der Waals surface area contributed by atoms with Gasteiger partial charge in [0.1, 0.15) is 10.7 Å². The lowest BCUT2D eigenvalue weighted by Gasteiger charge is -1.99. The van der Waals surface area contributed by atoms with Crippen LogP contribution >= 0.6 is 11.3 Å². The van der Waals surface area contributed by atoms with E-state index in [1.807, 2.05) is 0 Å². The molecule has 0 aliphatic heterocycles. The highest BCUT2D eigenvalue weighted by atomic mass is 32.1. The zero-order valence-corrected chi connectivity index (χ0v) is 14.9. The van der Waals surface area contributed by atoms with Gasteiger partial charge >= 0.3 is 5.97 Å². The maximum absolute atomic E-state index is 13.8. The first-order valence-corrected chi connectivity index (χ1v) is 8.61. The number of esters is 1. The van der Waals surface area contributed by atoms with Gasteiger partial charge in [-0.25, -0.2) is 9.18 Å². The van der Waals surface area contributed by atoms with Gasteiger partial charge in [0, 0.05) is 6.07 Å². The van der Waals surface area contributed by atoms with Crippen LogP contribution in [-0.4, -0.2) is 23.6 Å². The first-order valence-electron chi connectivity index (χ1n) is 7.80. The van der Waals surface area contributed by atoms with Crippen molar-refractivity contribution in [3.8, 4) is 11.3 Å². The first-order chi connectivity index (χ1) is 12.5. The van der Waals surface area contributed by atoms with Gasteiger partial charge in [0.25, 0.3) is 5.91 Å². The summed E-state index contributed by atoms with van der Waals surface area (Å²) in [6.45, 7) is 3.75. The number of hydrogen-bond acceptors (Lipinski definition) is 6. The van der Waals surface area contributed by atoms with Crippen LogP contribution in [0.1, 0.15) is 32.6 Å². The summed E-state index contributed by atoms with van der Waals surface area (Å²) < 4.78 is 23.8. The maximum atomic E-state index is 13.8. The van der Waals surface area contributed by atoms with Crippen LogP contribution in [0.4, 0.5) is 9.39 Å². The Labute approximate surface area is 152 Å². The lowest BCUT2D eigenvalue weighted by Crippen LogP contribution is -2.11. The number of halogens is 1. The number of aryl methyl sites for hydroxylation is 1. The summed E-state index contributed by atoms with van der Waals surface area (Å²) in [6.07, 6.45) is 0. The third-order valence-electron chi connectivity index (χ3n) is 3.50. The molecule has 8 heteroatoms. The number of amides is 1. The van der Waals surface area contributed by atoms with Gasteiger partial charge in [-0.05, 0) is 37.6 Å². The van der Waals surface area contributed by atoms with Gasteiger partial charge < -0.3 is 14.6 Å². The summed E-state index contributed by atoms with van der Waals surface area (Å²) >= 11 is 1.11. The summed E-state index contributed by atoms with van der Waals surface area (Å²) in [5.41, 5.74) is 0.929. The maximum Gasteiger partial charge on any atom is 0.348 e. The molecule has 2 heterocycles. The van der Waals surface area contributed by atoms with E-state index in [-0.39, 0.29) is 23.6 Å². The van der Waals surface area contributed by atoms with Crippen molar-refractivity contribution < 1.29 is 23.2 Å². The van der Waals surface area contributed by atoms with Crippen molar-refractivity contribution in [1.29, 1.82) is 0 Å². The van der Waals surface area contributed by atoms with E-state index >= 15 is 0 Å². The van der Waals surface area contributed by atoms with Crippen molar-refractivity contribution in [1.82, 2.24) is 5.16 Å². The summed E-state index contributed by atoms with van der Waals surface area (Å²) in [5, 5.41) is 6.81. The quantitative estimate of drug-likeness (QED) is 0.674. The average Bonchev–Trinajstić information content (AvgIpc) is 3.22. The molecular formula is C18H15FN2O4S. The Kier molecular flexibility index (Phi) is 5.13. The van der Waals surface area contributed by atoms with Crippen molar-refractivity contribution in [3.63, 3.8) is 0 Å². The molecule has 2 aromatic heterocycles. The normalized spacial score (nSPS) is 10.6. The molecule has 0 saturated heterocycles. The Balaban J connectivity index is 1.76. The predicted molar refractivity (Wildman–Crippen MR) is 94.9 cm³/mol. The number of nitrogens with one attached hydrogen (secondary N) is 1. The number of carbonyl (C=O) groups is 2. The Morgan fingerprint density at radius 1 is 1.31 bits per heavy atom. The molecule has 0 atom stereocenters. The van der Waals surface area contributed by atoms with Crippen LogP contribution in [0.3, 0.4) is 0 Å². The van der Waals surface area contributed by atoms with Crippen molar-refractivity contribution in [2.75, 3.05) is 11.9 Å². The number of nitrogens with zero attached hydrogens (tertiary/aromatic N) is 1. The molecule has 0 fully saturated rings. The van der Waals surface area contributed by atoms with Gasteiger partial charge in [-0.15, -0.1) is 11.3 Å². The molecule has 0 aliphatic rings. The number of hydrogen-bond donors (Lipinski definition) is 1. The smallest absolute Gasteiger partial charge is 0.348 e. The van der Waals surface area contributed by atoms with E-state index < -0.39 is 17.7 Å². The molecule has 0 saturated carbocycles. The first kappa shape index (κ1) is 17.8. The van der Waals surface area contributed by atoms with E-state index in [9.17, 15) is 14.0 Å². The molecule has 0 unspecified atom stereocenters. The molecule has 0 radical (unpaired) electrons. The highest BCUT2D eigenvalue weighted by Crippen LogP contribution is 2.28. The van der Waals surface area contributed by atoms with Crippen LogP contribution in [-0.2, 0) is 4.74 Å². The number of benzene rings is 1. The van der Waals surface area contributed by atoms with Crippen LogP contribution in [0.15, 0.2) is 40.9 Å². The molecule has 3 aromatic rings. The van der Waals surface area contributed by atoms with Crippen LogP contribution in [0, 0.1) is 12.7 Å². The Morgan fingerprint density at radius 2 is 2.08 bits per heavy atom. The number of carbonyl (C=O) groups excluding carboxylic acids is 2. The van der Waals surface area contributed by atoms with Gasteiger partial charge in [-0.1, -0.05) is 17.3 Å². The minimum atomic E-state index is -0.520. The third-order valence-corrected chi connectivity index (χ3v) is 4.63. The number of ether oxygens (including phenoxy) is 1. The van der Waals surface area contributed by atoms with Crippen LogP contribution in [0.25, 0.3) is 11.3 Å². The Morgan fingerprint density at radius 3 is 2.81 bits per heavy atom. The zero-order chi connectivity index (χ0) is 18.7. The van der Waals surface area contributed by atoms with Gasteiger partial charge in [-0.2, -0.15) is 0 Å². The van der Waals surface area contributed by atoms with Crippen molar-refractivity contribution in [2.45, 2.75) is 13.8 Å². The van der Waals surface area contributed by atoms with Gasteiger partial charge in [0.15, 0.2) is 11.5 Å². The summed E-state index contributed by atoms with van der Waals surface area (Å²) in [6, 6.07) is 9.08. The number of thiophene rings is 1. The van der Waals surface area contributed by atoms with E-state index in [2.05, 4.69) is 10.5 Å². The van der Waals surface area contributed by atoms with E-state index in [1.165, 1.54) is 18.2 Å². The monoisotopic (exact) mass is 374 g/mol. The van der Waals surface area contributed by atoms with Gasteiger partial charge in [-0.3, -0.25) is 4.79 Å². The third kappa shape index (κ3) is 3.65. The molecule has 0 bridgehead atoms. The average molecular weight is 374 g/mol.